The molecule has 1 aromatic heterocycles. The number of furan rings is 1. The summed E-state index contributed by atoms with van der Waals surface area (Å²) in [6.07, 6.45) is 3.90. The fourth-order valence-corrected chi connectivity index (χ4v) is 1.35. The minimum absolute atomic E-state index is 0.572. The second kappa shape index (κ2) is 5.86. The minimum atomic E-state index is 0.572. The smallest absolute Gasteiger partial charge is 0.103 e. The third-order valence-corrected chi connectivity index (χ3v) is 2.28. The molecule has 0 aromatic carbocycles. The van der Waals surface area contributed by atoms with Crippen molar-refractivity contribution < 1.29 is 4.42 Å². The monoisotopic (exact) mass is 195 g/mol. The van der Waals surface area contributed by atoms with Crippen LogP contribution < -0.4 is 5.32 Å². The van der Waals surface area contributed by atoms with Crippen molar-refractivity contribution in [3.05, 3.63) is 24.2 Å². The first-order valence-electron chi connectivity index (χ1n) is 5.44. The van der Waals surface area contributed by atoms with E-state index in [-0.39, 0.29) is 0 Å². The highest BCUT2D eigenvalue weighted by molar-refractivity contribution is 4.98. The quantitative estimate of drug-likeness (QED) is 0.755. The fraction of sp³-hybridized carbons (Fsp3) is 0.667. The Bertz CT molecular complexity index is 228. The molecule has 0 aliphatic carbocycles. The Kier molecular flexibility index (Phi) is 4.74. The van der Waals surface area contributed by atoms with Crippen molar-refractivity contribution >= 4 is 0 Å². The van der Waals surface area contributed by atoms with Gasteiger partial charge < -0.3 is 9.73 Å². The molecule has 1 heterocycles. The zero-order valence-corrected chi connectivity index (χ0v) is 9.42. The standard InChI is InChI=1S/C12H21NO/c1-10(2)9-13-11(3)6-7-12-5-4-8-14-12/h4-5,8,10-11,13H,6-7,9H2,1-3H3. The normalized spacial score (nSPS) is 13.4. The lowest BCUT2D eigenvalue weighted by atomic mass is 10.1. The first kappa shape index (κ1) is 11.3. The Morgan fingerprint density at radius 1 is 1.36 bits per heavy atom. The van der Waals surface area contributed by atoms with Crippen molar-refractivity contribution in [2.24, 2.45) is 5.92 Å². The number of aryl methyl sites for hydroxylation is 1. The van der Waals surface area contributed by atoms with Crippen molar-refractivity contribution in [3.8, 4) is 0 Å². The molecule has 0 spiro atoms. The molecule has 0 fully saturated rings. The first-order chi connectivity index (χ1) is 6.68. The predicted molar refractivity (Wildman–Crippen MR) is 59.3 cm³/mol. The van der Waals surface area contributed by atoms with Crippen LogP contribution in [0.25, 0.3) is 0 Å². The predicted octanol–water partition coefficient (Wildman–Crippen LogP) is 2.85. The van der Waals surface area contributed by atoms with Gasteiger partial charge in [0.1, 0.15) is 5.76 Å². The molecular weight excluding hydrogens is 174 g/mol. The molecule has 80 valence electrons. The van der Waals surface area contributed by atoms with Gasteiger partial charge in [-0.1, -0.05) is 13.8 Å². The maximum atomic E-state index is 5.28. The molecule has 0 aliphatic heterocycles. The number of hydrogen-bond donors (Lipinski definition) is 1. The molecule has 0 aliphatic rings. The van der Waals surface area contributed by atoms with Gasteiger partial charge in [-0.25, -0.2) is 0 Å². The van der Waals surface area contributed by atoms with Crippen molar-refractivity contribution in [3.63, 3.8) is 0 Å². The van der Waals surface area contributed by atoms with Crippen LogP contribution in [0.15, 0.2) is 22.8 Å². The van der Waals surface area contributed by atoms with Gasteiger partial charge in [0, 0.05) is 12.5 Å². The van der Waals surface area contributed by atoms with Gasteiger partial charge in [-0.3, -0.25) is 0 Å². The number of hydrogen-bond acceptors (Lipinski definition) is 2. The van der Waals surface area contributed by atoms with Crippen LogP contribution >= 0.6 is 0 Å². The van der Waals surface area contributed by atoms with Crippen LogP contribution in [-0.4, -0.2) is 12.6 Å². The van der Waals surface area contributed by atoms with E-state index in [1.54, 1.807) is 6.26 Å². The highest BCUT2D eigenvalue weighted by atomic mass is 16.3. The Labute approximate surface area is 86.7 Å². The Morgan fingerprint density at radius 3 is 2.71 bits per heavy atom. The molecule has 0 radical (unpaired) electrons. The summed E-state index contributed by atoms with van der Waals surface area (Å²) in [4.78, 5) is 0. The summed E-state index contributed by atoms with van der Waals surface area (Å²) < 4.78 is 5.28. The van der Waals surface area contributed by atoms with Gasteiger partial charge in [-0.15, -0.1) is 0 Å². The van der Waals surface area contributed by atoms with Crippen molar-refractivity contribution in [1.29, 1.82) is 0 Å². The van der Waals surface area contributed by atoms with Crippen LogP contribution in [0.5, 0.6) is 0 Å². The van der Waals surface area contributed by atoms with Crippen LogP contribution in [0, 0.1) is 5.92 Å². The summed E-state index contributed by atoms with van der Waals surface area (Å²) in [5.74, 6) is 1.81. The van der Waals surface area contributed by atoms with E-state index in [1.165, 1.54) is 0 Å². The van der Waals surface area contributed by atoms with Gasteiger partial charge in [-0.05, 0) is 37.9 Å². The summed E-state index contributed by atoms with van der Waals surface area (Å²) in [6.45, 7) is 7.78. The average molecular weight is 195 g/mol. The van der Waals surface area contributed by atoms with E-state index in [9.17, 15) is 0 Å². The average Bonchev–Trinajstić information content (AvgIpc) is 2.63. The zero-order chi connectivity index (χ0) is 10.4. The maximum absolute atomic E-state index is 5.28. The third kappa shape index (κ3) is 4.47. The van der Waals surface area contributed by atoms with Crippen LogP contribution in [0.4, 0.5) is 0 Å². The molecule has 2 heteroatoms. The third-order valence-electron chi connectivity index (χ3n) is 2.28. The molecule has 2 nitrogen and oxygen atoms in total. The van der Waals surface area contributed by atoms with Crippen molar-refractivity contribution in [2.75, 3.05) is 6.54 Å². The van der Waals surface area contributed by atoms with Gasteiger partial charge in [-0.2, -0.15) is 0 Å². The molecule has 0 saturated carbocycles. The second-order valence-electron chi connectivity index (χ2n) is 4.32. The van der Waals surface area contributed by atoms with Crippen LogP contribution in [0.2, 0.25) is 0 Å². The highest BCUT2D eigenvalue weighted by Crippen LogP contribution is 2.05. The summed E-state index contributed by atoms with van der Waals surface area (Å²) in [7, 11) is 0. The molecule has 0 bridgehead atoms. The molecule has 1 rings (SSSR count). The van der Waals surface area contributed by atoms with E-state index in [0.717, 1.165) is 31.1 Å². The molecule has 0 amide bonds. The second-order valence-corrected chi connectivity index (χ2v) is 4.32. The Balaban J connectivity index is 2.12. The number of rotatable bonds is 6. The fourth-order valence-electron chi connectivity index (χ4n) is 1.35. The van der Waals surface area contributed by atoms with E-state index in [4.69, 9.17) is 4.42 Å². The van der Waals surface area contributed by atoms with Gasteiger partial charge in [0.15, 0.2) is 0 Å². The molecule has 0 saturated heterocycles. The van der Waals surface area contributed by atoms with E-state index in [2.05, 4.69) is 26.1 Å². The van der Waals surface area contributed by atoms with Crippen LogP contribution in [-0.2, 0) is 6.42 Å². The van der Waals surface area contributed by atoms with Gasteiger partial charge in [0.05, 0.1) is 6.26 Å². The summed E-state index contributed by atoms with van der Waals surface area (Å²) in [6, 6.07) is 4.55. The summed E-state index contributed by atoms with van der Waals surface area (Å²) in [5, 5.41) is 3.50. The first-order valence-corrected chi connectivity index (χ1v) is 5.44. The van der Waals surface area contributed by atoms with Gasteiger partial charge >= 0.3 is 0 Å². The Hall–Kier alpha value is -0.760. The topological polar surface area (TPSA) is 25.2 Å². The van der Waals surface area contributed by atoms with E-state index in [0.29, 0.717) is 6.04 Å². The molecule has 1 unspecified atom stereocenters. The lowest BCUT2D eigenvalue weighted by Gasteiger charge is -2.14. The molecule has 14 heavy (non-hydrogen) atoms. The largest absolute Gasteiger partial charge is 0.469 e. The lowest BCUT2D eigenvalue weighted by Crippen LogP contribution is -2.29. The lowest BCUT2D eigenvalue weighted by molar-refractivity contribution is 0.438. The van der Waals surface area contributed by atoms with E-state index < -0.39 is 0 Å². The van der Waals surface area contributed by atoms with E-state index >= 15 is 0 Å². The van der Waals surface area contributed by atoms with Gasteiger partial charge in [0.2, 0.25) is 0 Å². The highest BCUT2D eigenvalue weighted by Gasteiger charge is 2.03. The zero-order valence-electron chi connectivity index (χ0n) is 9.42. The molecule has 1 atom stereocenters. The summed E-state index contributed by atoms with van der Waals surface area (Å²) in [5.41, 5.74) is 0. The molecular formula is C12H21NO. The van der Waals surface area contributed by atoms with Crippen molar-refractivity contribution in [2.45, 2.75) is 39.7 Å². The van der Waals surface area contributed by atoms with Gasteiger partial charge in [0.25, 0.3) is 0 Å². The van der Waals surface area contributed by atoms with Crippen molar-refractivity contribution in [1.82, 2.24) is 5.32 Å². The number of nitrogens with one attached hydrogen (secondary N) is 1. The minimum Gasteiger partial charge on any atom is -0.469 e. The SMILES string of the molecule is CC(C)CNC(C)CCc1ccco1. The molecule has 1 N–H and O–H groups in total. The Morgan fingerprint density at radius 2 is 2.14 bits per heavy atom. The van der Waals surface area contributed by atoms with Crippen LogP contribution in [0.1, 0.15) is 33.0 Å². The summed E-state index contributed by atoms with van der Waals surface area (Å²) >= 11 is 0. The van der Waals surface area contributed by atoms with Crippen LogP contribution in [0.3, 0.4) is 0 Å². The van der Waals surface area contributed by atoms with E-state index in [1.807, 2.05) is 12.1 Å². The maximum Gasteiger partial charge on any atom is 0.103 e. The molecule has 1 aromatic rings.